The fraction of sp³-hybridized carbons (Fsp3) is 0.500. The molecule has 92 valence electrons. The van der Waals surface area contributed by atoms with Gasteiger partial charge in [0.1, 0.15) is 0 Å². The summed E-state index contributed by atoms with van der Waals surface area (Å²) < 4.78 is 1.92. The van der Waals surface area contributed by atoms with Crippen molar-refractivity contribution in [2.75, 3.05) is 6.54 Å². The quantitative estimate of drug-likeness (QED) is 0.775. The number of nitrogens with one attached hydrogen (secondary N) is 1. The van der Waals surface area contributed by atoms with Crippen LogP contribution >= 0.6 is 0 Å². The first kappa shape index (κ1) is 12.1. The van der Waals surface area contributed by atoms with Crippen LogP contribution < -0.4 is 5.32 Å². The molecule has 1 N–H and O–H groups in total. The van der Waals surface area contributed by atoms with Crippen molar-refractivity contribution >= 4 is 5.52 Å². The molecule has 2 rings (SSSR count). The van der Waals surface area contributed by atoms with E-state index >= 15 is 0 Å². The van der Waals surface area contributed by atoms with Crippen LogP contribution in [0.4, 0.5) is 0 Å². The van der Waals surface area contributed by atoms with Crippen molar-refractivity contribution in [1.82, 2.24) is 14.9 Å². The Balaban J connectivity index is 1.83. The third kappa shape index (κ3) is 3.30. The lowest BCUT2D eigenvalue weighted by molar-refractivity contribution is 0.528. The number of fused-ring (bicyclic) bond motifs is 1. The van der Waals surface area contributed by atoms with E-state index in [1.807, 2.05) is 23.0 Å². The van der Waals surface area contributed by atoms with Gasteiger partial charge in [-0.05, 0) is 37.4 Å². The highest BCUT2D eigenvalue weighted by atomic mass is 15.2. The molecule has 0 aromatic carbocycles. The van der Waals surface area contributed by atoms with Gasteiger partial charge >= 0.3 is 0 Å². The lowest BCUT2D eigenvalue weighted by Gasteiger charge is -2.05. The fourth-order valence-corrected chi connectivity index (χ4v) is 1.98. The summed E-state index contributed by atoms with van der Waals surface area (Å²) >= 11 is 0. The van der Waals surface area contributed by atoms with E-state index in [-0.39, 0.29) is 0 Å². The predicted molar refractivity (Wildman–Crippen MR) is 71.0 cm³/mol. The second-order valence-corrected chi connectivity index (χ2v) is 4.91. The van der Waals surface area contributed by atoms with Gasteiger partial charge in [-0.2, -0.15) is 5.10 Å². The molecule has 0 fully saturated rings. The zero-order valence-electron chi connectivity index (χ0n) is 10.7. The Morgan fingerprint density at radius 1 is 1.35 bits per heavy atom. The van der Waals surface area contributed by atoms with Crippen molar-refractivity contribution in [1.29, 1.82) is 0 Å². The average molecular weight is 231 g/mol. The molecule has 0 radical (unpaired) electrons. The molecule has 0 atom stereocenters. The van der Waals surface area contributed by atoms with Gasteiger partial charge in [0.15, 0.2) is 0 Å². The van der Waals surface area contributed by atoms with Crippen molar-refractivity contribution < 1.29 is 0 Å². The standard InChI is InChI=1S/C14H21N3/c1-12(2)6-5-8-15-10-13-11-16-17-9-4-3-7-14(13)17/h3-4,7,9,11-12,15H,5-6,8,10H2,1-2H3. The number of rotatable bonds is 6. The minimum absolute atomic E-state index is 0.800. The van der Waals surface area contributed by atoms with Gasteiger partial charge in [0.05, 0.1) is 11.7 Å². The molecule has 0 spiro atoms. The summed E-state index contributed by atoms with van der Waals surface area (Å²) in [4.78, 5) is 0. The van der Waals surface area contributed by atoms with E-state index in [4.69, 9.17) is 0 Å². The van der Waals surface area contributed by atoms with E-state index in [2.05, 4.69) is 36.4 Å². The summed E-state index contributed by atoms with van der Waals surface area (Å²) in [6.45, 7) is 6.53. The second kappa shape index (κ2) is 5.82. The van der Waals surface area contributed by atoms with E-state index in [1.54, 1.807) is 0 Å². The van der Waals surface area contributed by atoms with Gasteiger partial charge in [0, 0.05) is 18.3 Å². The Hall–Kier alpha value is -1.35. The minimum atomic E-state index is 0.800. The first-order valence-electron chi connectivity index (χ1n) is 6.39. The molecule has 0 amide bonds. The number of pyridine rings is 1. The maximum atomic E-state index is 4.32. The van der Waals surface area contributed by atoms with Gasteiger partial charge in [-0.25, -0.2) is 4.52 Å². The molecule has 0 bridgehead atoms. The Labute approximate surface area is 103 Å². The van der Waals surface area contributed by atoms with Crippen molar-refractivity contribution in [3.63, 3.8) is 0 Å². The Morgan fingerprint density at radius 3 is 3.06 bits per heavy atom. The van der Waals surface area contributed by atoms with Crippen molar-refractivity contribution in [3.05, 3.63) is 36.2 Å². The van der Waals surface area contributed by atoms with Gasteiger partial charge in [-0.15, -0.1) is 0 Å². The molecule has 2 aromatic rings. The van der Waals surface area contributed by atoms with E-state index in [9.17, 15) is 0 Å². The van der Waals surface area contributed by atoms with Crippen LogP contribution in [-0.2, 0) is 6.54 Å². The maximum Gasteiger partial charge on any atom is 0.0706 e. The number of hydrogen-bond donors (Lipinski definition) is 1. The van der Waals surface area contributed by atoms with Crippen LogP contribution in [0.2, 0.25) is 0 Å². The largest absolute Gasteiger partial charge is 0.313 e. The van der Waals surface area contributed by atoms with Crippen LogP contribution in [0.1, 0.15) is 32.3 Å². The fourth-order valence-electron chi connectivity index (χ4n) is 1.98. The van der Waals surface area contributed by atoms with E-state index in [0.29, 0.717) is 0 Å². The molecule has 2 aromatic heterocycles. The summed E-state index contributed by atoms with van der Waals surface area (Å²) in [5.41, 5.74) is 2.47. The molecule has 3 heteroatoms. The van der Waals surface area contributed by atoms with Gasteiger partial charge in [-0.3, -0.25) is 0 Å². The van der Waals surface area contributed by atoms with Crippen LogP contribution in [-0.4, -0.2) is 16.2 Å². The average Bonchev–Trinajstić information content (AvgIpc) is 2.72. The van der Waals surface area contributed by atoms with E-state index < -0.39 is 0 Å². The highest BCUT2D eigenvalue weighted by Gasteiger charge is 2.02. The number of aromatic nitrogens is 2. The molecule has 0 aliphatic carbocycles. The van der Waals surface area contributed by atoms with Crippen LogP contribution in [0, 0.1) is 5.92 Å². The molecule has 0 aliphatic rings. The van der Waals surface area contributed by atoms with Crippen LogP contribution in [0.5, 0.6) is 0 Å². The third-order valence-electron chi connectivity index (χ3n) is 2.96. The van der Waals surface area contributed by atoms with Gasteiger partial charge in [0.2, 0.25) is 0 Å². The lowest BCUT2D eigenvalue weighted by atomic mass is 10.1. The minimum Gasteiger partial charge on any atom is -0.313 e. The third-order valence-corrected chi connectivity index (χ3v) is 2.96. The molecule has 17 heavy (non-hydrogen) atoms. The molecule has 3 nitrogen and oxygen atoms in total. The molecule has 0 aliphatic heterocycles. The van der Waals surface area contributed by atoms with E-state index in [1.165, 1.54) is 23.9 Å². The SMILES string of the molecule is CC(C)CCCNCc1cnn2ccccc12. The summed E-state index contributed by atoms with van der Waals surface area (Å²) in [6.07, 6.45) is 6.47. The number of hydrogen-bond acceptors (Lipinski definition) is 2. The predicted octanol–water partition coefficient (Wildman–Crippen LogP) is 2.86. The van der Waals surface area contributed by atoms with Crippen molar-refractivity contribution in [3.8, 4) is 0 Å². The van der Waals surface area contributed by atoms with Crippen molar-refractivity contribution in [2.45, 2.75) is 33.2 Å². The van der Waals surface area contributed by atoms with Gasteiger partial charge in [0.25, 0.3) is 0 Å². The van der Waals surface area contributed by atoms with Crippen LogP contribution in [0.3, 0.4) is 0 Å². The van der Waals surface area contributed by atoms with Crippen molar-refractivity contribution in [2.24, 2.45) is 5.92 Å². The Kier molecular flexibility index (Phi) is 4.15. The smallest absolute Gasteiger partial charge is 0.0706 e. The summed E-state index contributed by atoms with van der Waals surface area (Å²) in [6, 6.07) is 6.16. The van der Waals surface area contributed by atoms with Crippen LogP contribution in [0.15, 0.2) is 30.6 Å². The van der Waals surface area contributed by atoms with Gasteiger partial charge in [-0.1, -0.05) is 19.9 Å². The molecule has 0 unspecified atom stereocenters. The topological polar surface area (TPSA) is 29.3 Å². The first-order valence-corrected chi connectivity index (χ1v) is 6.39. The van der Waals surface area contributed by atoms with E-state index in [0.717, 1.165) is 19.0 Å². The summed E-state index contributed by atoms with van der Waals surface area (Å²) in [7, 11) is 0. The van der Waals surface area contributed by atoms with Crippen LogP contribution in [0.25, 0.3) is 5.52 Å². The summed E-state index contributed by atoms with van der Waals surface area (Å²) in [5.74, 6) is 0.800. The first-order chi connectivity index (χ1) is 8.27. The molecular weight excluding hydrogens is 210 g/mol. The highest BCUT2D eigenvalue weighted by Crippen LogP contribution is 2.09. The summed E-state index contributed by atoms with van der Waals surface area (Å²) in [5, 5.41) is 7.80. The molecular formula is C14H21N3. The zero-order valence-corrected chi connectivity index (χ0v) is 10.7. The second-order valence-electron chi connectivity index (χ2n) is 4.91. The normalized spacial score (nSPS) is 11.5. The lowest BCUT2D eigenvalue weighted by Crippen LogP contribution is -2.15. The highest BCUT2D eigenvalue weighted by molar-refractivity contribution is 5.53. The maximum absolute atomic E-state index is 4.32. The monoisotopic (exact) mass is 231 g/mol. The zero-order chi connectivity index (χ0) is 12.1. The number of nitrogens with zero attached hydrogens (tertiary/aromatic N) is 2. The van der Waals surface area contributed by atoms with Gasteiger partial charge < -0.3 is 5.32 Å². The molecule has 0 saturated carbocycles. The Morgan fingerprint density at radius 2 is 2.24 bits per heavy atom. The Bertz CT molecular complexity index is 459. The molecule has 2 heterocycles. The molecule has 0 saturated heterocycles.